The number of nitrogens with one attached hydrogen (secondary N) is 3. The Morgan fingerprint density at radius 2 is 1.88 bits per heavy atom. The number of benzene rings is 1. The summed E-state index contributed by atoms with van der Waals surface area (Å²) in [7, 11) is -3.82. The molecule has 0 aromatic heterocycles. The molecular formula is C30H39N5O7S. The molecule has 3 heterocycles. The van der Waals surface area contributed by atoms with Gasteiger partial charge in [-0.2, -0.15) is 0 Å². The van der Waals surface area contributed by atoms with E-state index in [1.165, 1.54) is 4.90 Å². The fourth-order valence-corrected chi connectivity index (χ4v) is 7.74. The van der Waals surface area contributed by atoms with E-state index < -0.39 is 56.9 Å². The molecule has 13 heteroatoms. The topological polar surface area (TPSA) is 154 Å². The van der Waals surface area contributed by atoms with Gasteiger partial charge in [0.2, 0.25) is 15.9 Å². The number of sulfonamides is 1. The Bertz CT molecular complexity index is 1430. The minimum Gasteiger partial charge on any atom is -0.444 e. The second-order valence-electron chi connectivity index (χ2n) is 12.2. The molecule has 0 unspecified atom stereocenters. The van der Waals surface area contributed by atoms with Gasteiger partial charge in [0.1, 0.15) is 17.7 Å². The number of carbonyl (C=O) groups is 4. The maximum atomic E-state index is 13.8. The number of nitrogens with zero attached hydrogens (tertiary/aromatic N) is 2. The molecule has 1 saturated heterocycles. The Morgan fingerprint density at radius 3 is 2.70 bits per heavy atom. The van der Waals surface area contributed by atoms with E-state index in [0.717, 1.165) is 49.8 Å². The van der Waals surface area contributed by atoms with Crippen LogP contribution in [0.3, 0.4) is 0 Å². The Hall–Kier alpha value is -3.61. The first-order chi connectivity index (χ1) is 20.7. The highest BCUT2D eigenvalue weighted by Crippen LogP contribution is 2.46. The number of ether oxygens (including phenoxy) is 1. The fourth-order valence-electron chi connectivity index (χ4n) is 6.37. The van der Waals surface area contributed by atoms with E-state index in [2.05, 4.69) is 15.4 Å². The van der Waals surface area contributed by atoms with Crippen LogP contribution >= 0.6 is 0 Å². The minimum atomic E-state index is -3.82. The number of hydrogen-bond donors (Lipinski definition) is 3. The first kappa shape index (κ1) is 29.5. The number of allylic oxidation sites excluding steroid dienone is 1. The lowest BCUT2D eigenvalue weighted by atomic mass is 10.0. The number of amides is 5. The van der Waals surface area contributed by atoms with Gasteiger partial charge in [-0.3, -0.25) is 19.2 Å². The van der Waals surface area contributed by atoms with Crippen molar-refractivity contribution in [1.82, 2.24) is 20.3 Å². The lowest BCUT2D eigenvalue weighted by molar-refractivity contribution is -0.131. The number of carbonyl (C=O) groups excluding carboxylic acids is 4. The molecule has 12 nitrogen and oxygen atoms in total. The average Bonchev–Trinajstić information content (AvgIpc) is 3.91. The Labute approximate surface area is 251 Å². The van der Waals surface area contributed by atoms with Crippen LogP contribution in [-0.2, 0) is 30.8 Å². The summed E-state index contributed by atoms with van der Waals surface area (Å²) in [5.74, 6) is -1.71. The molecule has 0 bridgehead atoms. The van der Waals surface area contributed by atoms with Crippen LogP contribution in [0.4, 0.5) is 15.3 Å². The summed E-state index contributed by atoms with van der Waals surface area (Å²) in [6.45, 7) is 0.965. The molecule has 0 spiro atoms. The zero-order chi connectivity index (χ0) is 30.2. The zero-order valence-electron chi connectivity index (χ0n) is 24.1. The van der Waals surface area contributed by atoms with Gasteiger partial charge in [0.15, 0.2) is 0 Å². The molecule has 5 amide bonds. The van der Waals surface area contributed by atoms with Crippen molar-refractivity contribution in [3.05, 3.63) is 42.0 Å². The highest BCUT2D eigenvalue weighted by molar-refractivity contribution is 7.91. The van der Waals surface area contributed by atoms with E-state index >= 15 is 0 Å². The van der Waals surface area contributed by atoms with Crippen LogP contribution < -0.4 is 20.3 Å². The molecule has 1 aromatic rings. The molecule has 43 heavy (non-hydrogen) atoms. The van der Waals surface area contributed by atoms with Gasteiger partial charge in [-0.15, -0.1) is 0 Å². The SMILES string of the molecule is O=C1N[C@]2(C(=O)NS(=O)(=O)C3CC3)C[C@H]2/C=C\CCCCCNC(=O)N2C[C@H](OC(=O)N3CCCc4ccccc43)C[C@@H]12. The van der Waals surface area contributed by atoms with E-state index in [1.54, 1.807) is 4.90 Å². The molecule has 232 valence electrons. The minimum absolute atomic E-state index is 0.0176. The van der Waals surface area contributed by atoms with Crippen molar-refractivity contribution in [2.24, 2.45) is 5.92 Å². The summed E-state index contributed by atoms with van der Waals surface area (Å²) < 4.78 is 33.3. The number of urea groups is 1. The van der Waals surface area contributed by atoms with Crippen molar-refractivity contribution in [3.8, 4) is 0 Å². The molecule has 0 radical (unpaired) electrons. The summed E-state index contributed by atoms with van der Waals surface area (Å²) in [5.41, 5.74) is 0.428. The van der Waals surface area contributed by atoms with Crippen LogP contribution in [0.2, 0.25) is 0 Å². The molecule has 2 aliphatic carbocycles. The van der Waals surface area contributed by atoms with Gasteiger partial charge in [-0.25, -0.2) is 18.0 Å². The number of rotatable bonds is 4. The summed E-state index contributed by atoms with van der Waals surface area (Å²) in [5, 5.41) is 5.11. The van der Waals surface area contributed by atoms with Crippen molar-refractivity contribution in [1.29, 1.82) is 0 Å². The number of anilines is 1. The van der Waals surface area contributed by atoms with Gasteiger partial charge in [0.05, 0.1) is 17.5 Å². The first-order valence-electron chi connectivity index (χ1n) is 15.3. The molecule has 6 rings (SSSR count). The van der Waals surface area contributed by atoms with Crippen LogP contribution in [0, 0.1) is 5.92 Å². The molecule has 3 fully saturated rings. The second kappa shape index (κ2) is 11.8. The number of aryl methyl sites for hydroxylation is 1. The Balaban J connectivity index is 1.20. The maximum Gasteiger partial charge on any atom is 0.414 e. The highest BCUT2D eigenvalue weighted by atomic mass is 32.2. The maximum absolute atomic E-state index is 13.8. The monoisotopic (exact) mass is 613 g/mol. The smallest absolute Gasteiger partial charge is 0.414 e. The van der Waals surface area contributed by atoms with Gasteiger partial charge < -0.3 is 20.3 Å². The van der Waals surface area contributed by atoms with E-state index in [-0.39, 0.29) is 25.3 Å². The van der Waals surface area contributed by atoms with Gasteiger partial charge in [0.25, 0.3) is 5.91 Å². The quantitative estimate of drug-likeness (QED) is 0.441. The second-order valence-corrected chi connectivity index (χ2v) is 14.2. The van der Waals surface area contributed by atoms with Crippen molar-refractivity contribution in [3.63, 3.8) is 0 Å². The summed E-state index contributed by atoms with van der Waals surface area (Å²) in [6, 6.07) is 6.21. The third-order valence-corrected chi connectivity index (χ3v) is 10.9. The Morgan fingerprint density at radius 1 is 1.07 bits per heavy atom. The van der Waals surface area contributed by atoms with Gasteiger partial charge in [-0.05, 0) is 63.0 Å². The van der Waals surface area contributed by atoms with Gasteiger partial charge in [0, 0.05) is 25.4 Å². The normalized spacial score (nSPS) is 30.3. The van der Waals surface area contributed by atoms with Crippen LogP contribution in [0.1, 0.15) is 63.4 Å². The first-order valence-corrected chi connectivity index (χ1v) is 16.9. The van der Waals surface area contributed by atoms with E-state index in [9.17, 15) is 27.6 Å². The predicted molar refractivity (Wildman–Crippen MR) is 158 cm³/mol. The standard InChI is InChI=1S/C30H39N5O7S/c36-26-25-17-22(42-29(39)34-16-8-10-20-9-5-6-12-24(20)34)19-35(25)28(38)31-15-7-3-1-2-4-11-21-18-30(21,32-26)27(37)33-43(40,41)23-13-14-23/h4-6,9,11-12,21-23,25H,1-3,7-8,10,13-19H2,(H,31,38)(H,32,36)(H,33,37)/b11-4-/t21-,22-,25+,30-/m1/s1. The van der Waals surface area contributed by atoms with E-state index in [4.69, 9.17) is 4.74 Å². The van der Waals surface area contributed by atoms with Crippen LogP contribution in [-0.4, -0.2) is 79.8 Å². The summed E-state index contributed by atoms with van der Waals surface area (Å²) >= 11 is 0. The molecule has 3 N–H and O–H groups in total. The average molecular weight is 614 g/mol. The molecule has 1 aromatic carbocycles. The van der Waals surface area contributed by atoms with Gasteiger partial charge in [-0.1, -0.05) is 36.8 Å². The Kier molecular flexibility index (Phi) is 8.10. The molecular weight excluding hydrogens is 574 g/mol. The number of hydrogen-bond acceptors (Lipinski definition) is 7. The molecule has 4 atom stereocenters. The van der Waals surface area contributed by atoms with Crippen LogP contribution in [0.15, 0.2) is 36.4 Å². The largest absolute Gasteiger partial charge is 0.444 e. The third kappa shape index (κ3) is 6.22. The van der Waals surface area contributed by atoms with Crippen molar-refractivity contribution in [2.75, 3.05) is 24.5 Å². The van der Waals surface area contributed by atoms with E-state index in [0.29, 0.717) is 25.9 Å². The van der Waals surface area contributed by atoms with E-state index in [1.807, 2.05) is 36.4 Å². The lowest BCUT2D eigenvalue weighted by Gasteiger charge is -2.29. The number of fused-ring (bicyclic) bond motifs is 3. The van der Waals surface area contributed by atoms with Gasteiger partial charge >= 0.3 is 12.1 Å². The molecule has 5 aliphatic rings. The van der Waals surface area contributed by atoms with Crippen molar-refractivity contribution < 1.29 is 32.3 Å². The van der Waals surface area contributed by atoms with Crippen LogP contribution in [0.25, 0.3) is 0 Å². The highest BCUT2D eigenvalue weighted by Gasteiger charge is 2.62. The predicted octanol–water partition coefficient (Wildman–Crippen LogP) is 2.34. The zero-order valence-corrected chi connectivity index (χ0v) is 24.9. The third-order valence-electron chi connectivity index (χ3n) is 9.08. The summed E-state index contributed by atoms with van der Waals surface area (Å²) in [6.07, 6.45) is 8.88. The van der Waals surface area contributed by atoms with Crippen molar-refractivity contribution in [2.45, 2.75) is 87.1 Å². The number of para-hydroxylation sites is 1. The van der Waals surface area contributed by atoms with Crippen molar-refractivity contribution >= 4 is 39.6 Å². The molecule has 3 aliphatic heterocycles. The summed E-state index contributed by atoms with van der Waals surface area (Å²) in [4.78, 5) is 56.7. The molecule has 2 saturated carbocycles. The van der Waals surface area contributed by atoms with Crippen LogP contribution in [0.5, 0.6) is 0 Å². The fraction of sp³-hybridized carbons (Fsp3) is 0.600. The lowest BCUT2D eigenvalue weighted by Crippen LogP contribution is -2.57.